The van der Waals surface area contributed by atoms with E-state index >= 15 is 0 Å². The molecule has 3 amide bonds. The number of urea groups is 1. The molecule has 1 aromatic carbocycles. The fraction of sp³-hybridized carbons (Fsp3) is 0.467. The first-order valence-electron chi connectivity index (χ1n) is 7.03. The molecule has 0 saturated carbocycles. The Labute approximate surface area is 122 Å². The van der Waals surface area contributed by atoms with Crippen molar-refractivity contribution in [3.8, 4) is 0 Å². The first-order valence-corrected chi connectivity index (χ1v) is 7.91. The average Bonchev–Trinajstić information content (AvgIpc) is 3.05. The van der Waals surface area contributed by atoms with Gasteiger partial charge in [-0.2, -0.15) is 0 Å². The number of nitrogens with one attached hydrogen (secondary N) is 1. The Kier molecular flexibility index (Phi) is 3.70. The first kappa shape index (κ1) is 13.5. The Morgan fingerprint density at radius 1 is 1.35 bits per heavy atom. The van der Waals surface area contributed by atoms with Gasteiger partial charge in [-0.3, -0.25) is 9.69 Å². The summed E-state index contributed by atoms with van der Waals surface area (Å²) in [6.07, 6.45) is 3.54. The zero-order valence-electron chi connectivity index (χ0n) is 11.5. The van der Waals surface area contributed by atoms with Gasteiger partial charge in [0, 0.05) is 18.0 Å². The Morgan fingerprint density at radius 2 is 2.15 bits per heavy atom. The number of rotatable bonds is 3. The van der Waals surface area contributed by atoms with Crippen molar-refractivity contribution < 1.29 is 9.59 Å². The van der Waals surface area contributed by atoms with Crippen LogP contribution in [0, 0.1) is 0 Å². The van der Waals surface area contributed by atoms with Crippen molar-refractivity contribution >= 4 is 23.7 Å². The van der Waals surface area contributed by atoms with E-state index < -0.39 is 0 Å². The Hall–Kier alpha value is -1.49. The number of fused-ring (bicyclic) bond motifs is 1. The number of amides is 3. The number of aryl methyl sites for hydroxylation is 2. The van der Waals surface area contributed by atoms with Crippen LogP contribution in [0.15, 0.2) is 23.1 Å². The molecule has 1 heterocycles. The standard InChI is InChI=1S/C15H18N2O2S/c1-10(14(18)17-8-7-16-15(17)19)20-13-6-5-11-3-2-4-12(11)9-13/h5-6,9-10H,2-4,7-8H2,1H3,(H,16,19). The van der Waals surface area contributed by atoms with Crippen LogP contribution >= 0.6 is 11.8 Å². The summed E-state index contributed by atoms with van der Waals surface area (Å²) in [5, 5.41) is 2.42. The van der Waals surface area contributed by atoms with Gasteiger partial charge in [0.2, 0.25) is 5.91 Å². The molecule has 0 radical (unpaired) electrons. The molecule has 1 aliphatic carbocycles. The highest BCUT2D eigenvalue weighted by Crippen LogP contribution is 2.30. The van der Waals surface area contributed by atoms with E-state index in [1.807, 2.05) is 6.92 Å². The number of nitrogens with zero attached hydrogens (tertiary/aromatic N) is 1. The monoisotopic (exact) mass is 290 g/mol. The van der Waals surface area contributed by atoms with Crippen molar-refractivity contribution in [3.05, 3.63) is 29.3 Å². The SMILES string of the molecule is CC(Sc1ccc2c(c1)CCC2)C(=O)N1CCNC1=O. The highest BCUT2D eigenvalue weighted by molar-refractivity contribution is 8.00. The smallest absolute Gasteiger partial charge is 0.324 e. The van der Waals surface area contributed by atoms with Gasteiger partial charge >= 0.3 is 6.03 Å². The zero-order chi connectivity index (χ0) is 14.1. The molecular weight excluding hydrogens is 272 g/mol. The summed E-state index contributed by atoms with van der Waals surface area (Å²) in [6, 6.07) is 6.19. The van der Waals surface area contributed by atoms with Crippen molar-refractivity contribution in [2.75, 3.05) is 13.1 Å². The Morgan fingerprint density at radius 3 is 2.90 bits per heavy atom. The van der Waals surface area contributed by atoms with Crippen molar-refractivity contribution in [2.24, 2.45) is 0 Å². The number of hydrogen-bond acceptors (Lipinski definition) is 3. The van der Waals surface area contributed by atoms with Crippen molar-refractivity contribution in [3.63, 3.8) is 0 Å². The van der Waals surface area contributed by atoms with Crippen LogP contribution in [0.2, 0.25) is 0 Å². The van der Waals surface area contributed by atoms with Crippen molar-refractivity contribution in [1.82, 2.24) is 10.2 Å². The third-order valence-corrected chi connectivity index (χ3v) is 4.93. The maximum atomic E-state index is 12.2. The van der Waals surface area contributed by atoms with Gasteiger partial charge < -0.3 is 5.32 Å². The maximum Gasteiger partial charge on any atom is 0.324 e. The summed E-state index contributed by atoms with van der Waals surface area (Å²) in [5.41, 5.74) is 2.85. The van der Waals surface area contributed by atoms with Crippen molar-refractivity contribution in [1.29, 1.82) is 0 Å². The van der Waals surface area contributed by atoms with E-state index in [4.69, 9.17) is 0 Å². The summed E-state index contributed by atoms with van der Waals surface area (Å²) < 4.78 is 0. The van der Waals surface area contributed by atoms with Gasteiger partial charge in [-0.25, -0.2) is 4.79 Å². The summed E-state index contributed by atoms with van der Waals surface area (Å²) in [6.45, 7) is 2.90. The van der Waals surface area contributed by atoms with Crippen LogP contribution < -0.4 is 5.32 Å². The molecule has 1 aromatic rings. The molecule has 1 N–H and O–H groups in total. The van der Waals surface area contributed by atoms with E-state index in [2.05, 4.69) is 23.5 Å². The molecule has 2 aliphatic rings. The van der Waals surface area contributed by atoms with E-state index in [-0.39, 0.29) is 17.2 Å². The van der Waals surface area contributed by atoms with Gasteiger partial charge in [-0.05, 0) is 49.4 Å². The molecule has 1 saturated heterocycles. The third kappa shape index (κ3) is 2.54. The van der Waals surface area contributed by atoms with E-state index in [0.29, 0.717) is 13.1 Å². The van der Waals surface area contributed by atoms with Crippen LogP contribution in [0.25, 0.3) is 0 Å². The van der Waals surface area contributed by atoms with Gasteiger partial charge in [0.05, 0.1) is 5.25 Å². The molecule has 5 heteroatoms. The van der Waals surface area contributed by atoms with Gasteiger partial charge in [-0.1, -0.05) is 6.07 Å². The molecule has 1 fully saturated rings. The number of benzene rings is 1. The second-order valence-electron chi connectivity index (χ2n) is 5.27. The number of imide groups is 1. The molecule has 20 heavy (non-hydrogen) atoms. The van der Waals surface area contributed by atoms with Crippen LogP contribution in [-0.4, -0.2) is 35.2 Å². The summed E-state index contributed by atoms with van der Waals surface area (Å²) >= 11 is 1.54. The topological polar surface area (TPSA) is 49.4 Å². The molecule has 1 atom stereocenters. The van der Waals surface area contributed by atoms with E-state index in [9.17, 15) is 9.59 Å². The second kappa shape index (κ2) is 5.48. The number of hydrogen-bond donors (Lipinski definition) is 1. The fourth-order valence-electron chi connectivity index (χ4n) is 2.78. The molecule has 0 bridgehead atoms. The van der Waals surface area contributed by atoms with Crippen LogP contribution in [0.3, 0.4) is 0 Å². The second-order valence-corrected chi connectivity index (χ2v) is 6.68. The number of carbonyl (C=O) groups is 2. The highest BCUT2D eigenvalue weighted by atomic mass is 32.2. The van der Waals surface area contributed by atoms with Crippen LogP contribution in [0.4, 0.5) is 4.79 Å². The average molecular weight is 290 g/mol. The zero-order valence-corrected chi connectivity index (χ0v) is 12.3. The summed E-state index contributed by atoms with van der Waals surface area (Å²) in [7, 11) is 0. The minimum absolute atomic E-state index is 0.106. The van der Waals surface area contributed by atoms with Gasteiger partial charge in [0.15, 0.2) is 0 Å². The van der Waals surface area contributed by atoms with E-state index in [0.717, 1.165) is 11.3 Å². The fourth-order valence-corrected chi connectivity index (χ4v) is 3.77. The quantitative estimate of drug-likeness (QED) is 0.868. The largest absolute Gasteiger partial charge is 0.336 e. The van der Waals surface area contributed by atoms with Crippen LogP contribution in [0.1, 0.15) is 24.5 Å². The van der Waals surface area contributed by atoms with Gasteiger partial charge in [-0.15, -0.1) is 11.8 Å². The lowest BCUT2D eigenvalue weighted by Crippen LogP contribution is -2.38. The maximum absolute atomic E-state index is 12.2. The lowest BCUT2D eigenvalue weighted by atomic mass is 10.1. The third-order valence-electron chi connectivity index (χ3n) is 3.85. The molecule has 0 aromatic heterocycles. The summed E-state index contributed by atoms with van der Waals surface area (Å²) in [5.74, 6) is -0.106. The molecule has 3 rings (SSSR count). The Bertz CT molecular complexity index is 559. The molecule has 1 unspecified atom stereocenters. The lowest BCUT2D eigenvalue weighted by molar-refractivity contribution is -0.126. The predicted octanol–water partition coefficient (Wildman–Crippen LogP) is 2.21. The van der Waals surface area contributed by atoms with E-state index in [1.165, 1.54) is 40.6 Å². The first-order chi connectivity index (χ1) is 9.65. The normalized spacial score (nSPS) is 18.9. The molecular formula is C15H18N2O2S. The molecule has 4 nitrogen and oxygen atoms in total. The predicted molar refractivity (Wildman–Crippen MR) is 78.9 cm³/mol. The van der Waals surface area contributed by atoms with Gasteiger partial charge in [0.25, 0.3) is 0 Å². The van der Waals surface area contributed by atoms with E-state index in [1.54, 1.807) is 0 Å². The molecule has 106 valence electrons. The number of carbonyl (C=O) groups excluding carboxylic acids is 2. The number of thioether (sulfide) groups is 1. The van der Waals surface area contributed by atoms with Crippen LogP contribution in [-0.2, 0) is 17.6 Å². The van der Waals surface area contributed by atoms with Crippen molar-refractivity contribution in [2.45, 2.75) is 36.3 Å². The molecule has 1 aliphatic heterocycles. The van der Waals surface area contributed by atoms with Crippen LogP contribution in [0.5, 0.6) is 0 Å². The van der Waals surface area contributed by atoms with Gasteiger partial charge in [0.1, 0.15) is 0 Å². The molecule has 0 spiro atoms. The Balaban J connectivity index is 1.68. The summed E-state index contributed by atoms with van der Waals surface area (Å²) in [4.78, 5) is 26.2. The lowest BCUT2D eigenvalue weighted by Gasteiger charge is -2.17. The minimum Gasteiger partial charge on any atom is -0.336 e. The highest BCUT2D eigenvalue weighted by Gasteiger charge is 2.30. The minimum atomic E-state index is -0.267.